The molecule has 9 heteroatoms. The van der Waals surface area contributed by atoms with E-state index in [1.165, 1.54) is 19.3 Å². The molecule has 1 aromatic rings. The van der Waals surface area contributed by atoms with Crippen molar-refractivity contribution in [2.75, 3.05) is 33.4 Å². The van der Waals surface area contributed by atoms with Gasteiger partial charge in [0.05, 0.1) is 5.01 Å². The number of ether oxygens (including phenoxy) is 1. The van der Waals surface area contributed by atoms with E-state index in [0.717, 1.165) is 42.8 Å². The third-order valence-electron chi connectivity index (χ3n) is 4.64. The summed E-state index contributed by atoms with van der Waals surface area (Å²) >= 11 is 1.04. The molecule has 0 amide bonds. The quantitative estimate of drug-likeness (QED) is 0.499. The number of methoxy groups -OCH3 is 1. The summed E-state index contributed by atoms with van der Waals surface area (Å²) in [7, 11) is 1.71. The molecule has 0 unspecified atom stereocenters. The lowest BCUT2D eigenvalue weighted by Gasteiger charge is -2.40. The van der Waals surface area contributed by atoms with Crippen LogP contribution >= 0.6 is 11.3 Å². The van der Waals surface area contributed by atoms with E-state index in [2.05, 4.69) is 20.6 Å². The average molecular weight is 392 g/mol. The highest BCUT2D eigenvalue weighted by molar-refractivity contribution is 7.09. The lowest BCUT2D eigenvalue weighted by atomic mass is 9.67. The van der Waals surface area contributed by atoms with E-state index in [1.54, 1.807) is 7.11 Å². The molecule has 5 nitrogen and oxygen atoms in total. The Hall–Kier alpha value is -1.35. The van der Waals surface area contributed by atoms with Crippen molar-refractivity contribution in [3.8, 4) is 0 Å². The van der Waals surface area contributed by atoms with Crippen LogP contribution in [-0.4, -0.2) is 44.3 Å². The number of alkyl halides is 3. The summed E-state index contributed by atoms with van der Waals surface area (Å²) in [5, 5.41) is 7.90. The molecule has 1 aliphatic carbocycles. The Morgan fingerprint density at radius 2 is 2.15 bits per heavy atom. The fourth-order valence-electron chi connectivity index (χ4n) is 2.91. The first-order chi connectivity index (χ1) is 12.4. The van der Waals surface area contributed by atoms with Crippen LogP contribution in [-0.2, 0) is 17.3 Å². The highest BCUT2D eigenvalue weighted by atomic mass is 32.1. The van der Waals surface area contributed by atoms with E-state index in [4.69, 9.17) is 4.74 Å². The molecule has 0 aromatic carbocycles. The third-order valence-corrected chi connectivity index (χ3v) is 5.55. The van der Waals surface area contributed by atoms with Crippen molar-refractivity contribution < 1.29 is 17.9 Å². The number of aromatic nitrogens is 1. The van der Waals surface area contributed by atoms with Gasteiger partial charge in [0.2, 0.25) is 0 Å². The van der Waals surface area contributed by atoms with Crippen LogP contribution in [0.15, 0.2) is 10.4 Å². The van der Waals surface area contributed by atoms with E-state index < -0.39 is 11.9 Å². The van der Waals surface area contributed by atoms with Gasteiger partial charge >= 0.3 is 6.18 Å². The first-order valence-corrected chi connectivity index (χ1v) is 9.79. The van der Waals surface area contributed by atoms with Crippen LogP contribution in [0.3, 0.4) is 0 Å². The molecule has 0 saturated heterocycles. The topological polar surface area (TPSA) is 58.5 Å². The number of hydrogen-bond donors (Lipinski definition) is 2. The largest absolute Gasteiger partial charge is 0.434 e. The van der Waals surface area contributed by atoms with Crippen LogP contribution in [0, 0.1) is 5.41 Å². The molecule has 1 saturated carbocycles. The van der Waals surface area contributed by atoms with Crippen LogP contribution in [0.1, 0.15) is 43.3 Å². The van der Waals surface area contributed by atoms with Crippen molar-refractivity contribution in [3.63, 3.8) is 0 Å². The smallest absolute Gasteiger partial charge is 0.385 e. The minimum absolute atomic E-state index is 0.231. The van der Waals surface area contributed by atoms with Crippen LogP contribution in [0.25, 0.3) is 0 Å². The van der Waals surface area contributed by atoms with Gasteiger partial charge < -0.3 is 15.4 Å². The Labute approximate surface area is 156 Å². The second kappa shape index (κ2) is 9.55. The number of aliphatic imine (C=N–C) groups is 1. The minimum atomic E-state index is -4.38. The number of halogens is 3. The maximum Gasteiger partial charge on any atom is 0.434 e. The standard InChI is InChI=1S/C17H27F3N4OS/c1-3-21-15(23-12-16(6-4-7-16)8-10-25-2)22-9-5-14-24-13(11-26-14)17(18,19)20/h11H,3-10,12H2,1-2H3,(H2,21,22,23). The molecular weight excluding hydrogens is 365 g/mol. The maximum atomic E-state index is 12.6. The lowest BCUT2D eigenvalue weighted by Crippen LogP contribution is -2.41. The molecule has 0 spiro atoms. The van der Waals surface area contributed by atoms with E-state index in [-0.39, 0.29) is 5.41 Å². The number of hydrogen-bond acceptors (Lipinski definition) is 4. The zero-order valence-electron chi connectivity index (χ0n) is 15.3. The van der Waals surface area contributed by atoms with Crippen molar-refractivity contribution in [1.29, 1.82) is 0 Å². The molecule has 26 heavy (non-hydrogen) atoms. The SMILES string of the molecule is CCNC(=NCC1(CCOC)CCC1)NCCc1nc(C(F)(F)F)cs1. The summed E-state index contributed by atoms with van der Waals surface area (Å²) in [6.07, 6.45) is 0.621. The molecule has 0 aliphatic heterocycles. The zero-order chi connectivity index (χ0) is 19.0. The molecular formula is C17H27F3N4OS. The van der Waals surface area contributed by atoms with Crippen molar-refractivity contribution in [3.05, 3.63) is 16.1 Å². The van der Waals surface area contributed by atoms with Crippen LogP contribution in [0.2, 0.25) is 0 Å². The van der Waals surface area contributed by atoms with Gasteiger partial charge in [-0.3, -0.25) is 4.99 Å². The predicted molar refractivity (Wildman–Crippen MR) is 97.6 cm³/mol. The summed E-state index contributed by atoms with van der Waals surface area (Å²) in [4.78, 5) is 8.32. The van der Waals surface area contributed by atoms with Gasteiger partial charge in [-0.05, 0) is 31.6 Å². The highest BCUT2D eigenvalue weighted by Crippen LogP contribution is 2.44. The van der Waals surface area contributed by atoms with Gasteiger partial charge in [0.15, 0.2) is 11.7 Å². The van der Waals surface area contributed by atoms with Gasteiger partial charge in [-0.1, -0.05) is 6.42 Å². The molecule has 2 rings (SSSR count). The Bertz CT molecular complexity index is 585. The van der Waals surface area contributed by atoms with E-state index >= 15 is 0 Å². The van der Waals surface area contributed by atoms with E-state index in [1.807, 2.05) is 6.92 Å². The molecule has 0 bridgehead atoms. The van der Waals surface area contributed by atoms with Crippen molar-refractivity contribution in [1.82, 2.24) is 15.6 Å². The monoisotopic (exact) mass is 392 g/mol. The second-order valence-corrected chi connectivity index (χ2v) is 7.54. The molecule has 1 heterocycles. The Balaban J connectivity index is 1.84. The molecule has 1 aromatic heterocycles. The second-order valence-electron chi connectivity index (χ2n) is 6.59. The van der Waals surface area contributed by atoms with Gasteiger partial charge in [-0.15, -0.1) is 11.3 Å². The number of guanidine groups is 1. The van der Waals surface area contributed by atoms with Crippen LogP contribution in [0.5, 0.6) is 0 Å². The minimum Gasteiger partial charge on any atom is -0.385 e. The summed E-state index contributed by atoms with van der Waals surface area (Å²) in [6, 6.07) is 0. The third kappa shape index (κ3) is 6.12. The van der Waals surface area contributed by atoms with Gasteiger partial charge in [0.1, 0.15) is 0 Å². The van der Waals surface area contributed by atoms with Crippen molar-refractivity contribution in [2.24, 2.45) is 10.4 Å². The van der Waals surface area contributed by atoms with Crippen LogP contribution in [0.4, 0.5) is 13.2 Å². The Morgan fingerprint density at radius 1 is 1.38 bits per heavy atom. The molecule has 148 valence electrons. The summed E-state index contributed by atoms with van der Waals surface area (Å²) in [6.45, 7) is 4.68. The average Bonchev–Trinajstić information content (AvgIpc) is 3.02. The first kappa shape index (κ1) is 21.0. The number of nitrogens with one attached hydrogen (secondary N) is 2. The fourth-order valence-corrected chi connectivity index (χ4v) is 3.72. The number of nitrogens with zero attached hydrogens (tertiary/aromatic N) is 2. The number of thiazole rings is 1. The summed E-state index contributed by atoms with van der Waals surface area (Å²) in [5.41, 5.74) is -0.585. The van der Waals surface area contributed by atoms with Gasteiger partial charge in [0, 0.05) is 45.2 Å². The normalized spacial score (nSPS) is 17.0. The van der Waals surface area contributed by atoms with E-state index in [9.17, 15) is 13.2 Å². The van der Waals surface area contributed by atoms with E-state index in [0.29, 0.717) is 23.9 Å². The van der Waals surface area contributed by atoms with Gasteiger partial charge in [0.25, 0.3) is 0 Å². The molecule has 2 N–H and O–H groups in total. The Morgan fingerprint density at radius 3 is 2.69 bits per heavy atom. The van der Waals surface area contributed by atoms with Gasteiger partial charge in [-0.2, -0.15) is 13.2 Å². The van der Waals surface area contributed by atoms with Crippen molar-refractivity contribution >= 4 is 17.3 Å². The molecule has 0 radical (unpaired) electrons. The highest BCUT2D eigenvalue weighted by Gasteiger charge is 2.36. The fraction of sp³-hybridized carbons (Fsp3) is 0.765. The Kier molecular flexibility index (Phi) is 7.69. The predicted octanol–water partition coefficient (Wildman–Crippen LogP) is 3.47. The number of rotatable bonds is 9. The van der Waals surface area contributed by atoms with Crippen molar-refractivity contribution in [2.45, 2.75) is 45.2 Å². The molecule has 1 fully saturated rings. The molecule has 0 atom stereocenters. The summed E-state index contributed by atoms with van der Waals surface area (Å²) in [5.74, 6) is 0.698. The summed E-state index contributed by atoms with van der Waals surface area (Å²) < 4.78 is 42.9. The van der Waals surface area contributed by atoms with Crippen LogP contribution < -0.4 is 10.6 Å². The zero-order valence-corrected chi connectivity index (χ0v) is 16.1. The first-order valence-electron chi connectivity index (χ1n) is 8.91. The lowest BCUT2D eigenvalue weighted by molar-refractivity contribution is -0.140. The van der Waals surface area contributed by atoms with Gasteiger partial charge in [-0.25, -0.2) is 4.98 Å². The molecule has 1 aliphatic rings. The maximum absolute atomic E-state index is 12.6.